The monoisotopic (exact) mass is 277 g/mol. The first kappa shape index (κ1) is 14.4. The number of methoxy groups -OCH3 is 1. The number of nitrogen functional groups attached to an aromatic ring is 1. The van der Waals surface area contributed by atoms with Gasteiger partial charge >= 0.3 is 0 Å². The molecule has 110 valence electrons. The average molecular weight is 277 g/mol. The van der Waals surface area contributed by atoms with Crippen molar-refractivity contribution in [3.8, 4) is 17.1 Å². The Bertz CT molecular complexity index is 646. The normalized spacial score (nSPS) is 11.9. The molecule has 0 spiro atoms. The summed E-state index contributed by atoms with van der Waals surface area (Å²) in [4.78, 5) is 4.74. The van der Waals surface area contributed by atoms with Gasteiger partial charge in [-0.25, -0.2) is 9.67 Å². The van der Waals surface area contributed by atoms with Crippen LogP contribution >= 0.6 is 0 Å². The van der Waals surface area contributed by atoms with Crippen molar-refractivity contribution in [2.24, 2.45) is 14.1 Å². The molecule has 0 aromatic carbocycles. The van der Waals surface area contributed by atoms with E-state index in [1.807, 2.05) is 25.6 Å². The highest BCUT2D eigenvalue weighted by Crippen LogP contribution is 2.37. The van der Waals surface area contributed by atoms with E-state index in [-0.39, 0.29) is 5.41 Å². The number of imidazole rings is 1. The first-order valence-electron chi connectivity index (χ1n) is 6.59. The number of nitrogens with zero attached hydrogens (tertiary/aromatic N) is 4. The van der Waals surface area contributed by atoms with Crippen LogP contribution in [0.4, 0.5) is 5.82 Å². The number of rotatable bonds is 2. The van der Waals surface area contributed by atoms with E-state index in [4.69, 9.17) is 15.5 Å². The van der Waals surface area contributed by atoms with E-state index in [0.29, 0.717) is 11.7 Å². The van der Waals surface area contributed by atoms with Gasteiger partial charge in [0.25, 0.3) is 0 Å². The maximum atomic E-state index is 6.24. The molecule has 6 heteroatoms. The molecule has 0 unspecified atom stereocenters. The molecule has 0 aliphatic carbocycles. The third-order valence-electron chi connectivity index (χ3n) is 3.41. The zero-order chi connectivity index (χ0) is 15.2. The van der Waals surface area contributed by atoms with E-state index in [1.165, 1.54) is 0 Å². The fourth-order valence-electron chi connectivity index (χ4n) is 2.51. The van der Waals surface area contributed by atoms with E-state index < -0.39 is 0 Å². The zero-order valence-electron chi connectivity index (χ0n) is 13.3. The predicted octanol–water partition coefficient (Wildman–Crippen LogP) is 2.02. The largest absolute Gasteiger partial charge is 0.481 e. The van der Waals surface area contributed by atoms with Gasteiger partial charge in [0.2, 0.25) is 5.88 Å². The Balaban J connectivity index is 2.72. The maximum Gasteiger partial charge on any atom is 0.221 e. The lowest BCUT2D eigenvalue weighted by atomic mass is 9.96. The Morgan fingerprint density at radius 2 is 1.80 bits per heavy atom. The van der Waals surface area contributed by atoms with Gasteiger partial charge in [-0.2, -0.15) is 5.10 Å². The summed E-state index contributed by atoms with van der Waals surface area (Å²) in [7, 11) is 5.41. The minimum absolute atomic E-state index is 0.0789. The summed E-state index contributed by atoms with van der Waals surface area (Å²) in [5.74, 6) is 2.24. The van der Waals surface area contributed by atoms with Gasteiger partial charge in [-0.15, -0.1) is 0 Å². The molecular formula is C14H23N5O. The van der Waals surface area contributed by atoms with E-state index in [0.717, 1.165) is 22.8 Å². The van der Waals surface area contributed by atoms with Crippen LogP contribution in [0, 0.1) is 6.92 Å². The first-order chi connectivity index (χ1) is 9.18. The number of hydrogen-bond acceptors (Lipinski definition) is 4. The highest BCUT2D eigenvalue weighted by Gasteiger charge is 2.27. The van der Waals surface area contributed by atoms with Crippen molar-refractivity contribution in [1.82, 2.24) is 19.3 Å². The van der Waals surface area contributed by atoms with Gasteiger partial charge in [-0.05, 0) is 6.92 Å². The fraction of sp³-hybridized carbons (Fsp3) is 0.571. The molecule has 2 heterocycles. The molecule has 20 heavy (non-hydrogen) atoms. The Morgan fingerprint density at radius 3 is 2.25 bits per heavy atom. The molecule has 0 aliphatic heterocycles. The van der Waals surface area contributed by atoms with Crippen molar-refractivity contribution in [2.45, 2.75) is 33.1 Å². The van der Waals surface area contributed by atoms with E-state index in [2.05, 4.69) is 25.9 Å². The second-order valence-electron chi connectivity index (χ2n) is 6.07. The van der Waals surface area contributed by atoms with Crippen LogP contribution in [-0.2, 0) is 19.5 Å². The predicted molar refractivity (Wildman–Crippen MR) is 79.8 cm³/mol. The number of aromatic nitrogens is 4. The molecule has 2 aromatic rings. The molecule has 2 aromatic heterocycles. The number of anilines is 1. The Labute approximate surface area is 119 Å². The number of nitrogens with two attached hydrogens (primary N) is 1. The van der Waals surface area contributed by atoms with Crippen molar-refractivity contribution in [1.29, 1.82) is 0 Å². The highest BCUT2D eigenvalue weighted by molar-refractivity contribution is 5.77. The zero-order valence-corrected chi connectivity index (χ0v) is 13.3. The van der Waals surface area contributed by atoms with Crippen molar-refractivity contribution < 1.29 is 4.74 Å². The topological polar surface area (TPSA) is 70.9 Å². The summed E-state index contributed by atoms with van der Waals surface area (Å²) in [6, 6.07) is 0. The van der Waals surface area contributed by atoms with Gasteiger partial charge in [0, 0.05) is 19.5 Å². The molecule has 0 atom stereocenters. The minimum Gasteiger partial charge on any atom is -0.481 e. The number of aryl methyl sites for hydroxylation is 2. The van der Waals surface area contributed by atoms with Crippen LogP contribution in [0.1, 0.15) is 32.3 Å². The highest BCUT2D eigenvalue weighted by atomic mass is 16.5. The van der Waals surface area contributed by atoms with E-state index >= 15 is 0 Å². The summed E-state index contributed by atoms with van der Waals surface area (Å²) in [5.41, 5.74) is 8.61. The number of hydrogen-bond donors (Lipinski definition) is 1. The molecule has 6 nitrogen and oxygen atoms in total. The Kier molecular flexibility index (Phi) is 3.28. The van der Waals surface area contributed by atoms with Crippen LogP contribution in [0.25, 0.3) is 11.3 Å². The molecule has 0 aliphatic rings. The molecule has 0 amide bonds. The summed E-state index contributed by atoms with van der Waals surface area (Å²) in [5, 5.41) is 4.39. The van der Waals surface area contributed by atoms with Crippen molar-refractivity contribution >= 4 is 5.82 Å². The van der Waals surface area contributed by atoms with Gasteiger partial charge in [0.15, 0.2) is 0 Å². The van der Waals surface area contributed by atoms with E-state index in [9.17, 15) is 0 Å². The van der Waals surface area contributed by atoms with Gasteiger partial charge in [-0.3, -0.25) is 0 Å². The third kappa shape index (κ3) is 2.05. The minimum atomic E-state index is -0.0789. The standard InChI is InChI=1S/C14H23N5O/c1-8-9(12(20-7)19(6)17-8)10-11(15)18(5)13(16-10)14(2,3)4/h15H2,1-7H3. The first-order valence-corrected chi connectivity index (χ1v) is 6.59. The van der Waals surface area contributed by atoms with Crippen molar-refractivity contribution in [3.05, 3.63) is 11.5 Å². The van der Waals surface area contributed by atoms with E-state index in [1.54, 1.807) is 11.8 Å². The molecule has 0 fully saturated rings. The van der Waals surface area contributed by atoms with Gasteiger partial charge < -0.3 is 15.0 Å². The fourth-order valence-corrected chi connectivity index (χ4v) is 2.51. The van der Waals surface area contributed by atoms with Crippen LogP contribution < -0.4 is 10.5 Å². The van der Waals surface area contributed by atoms with Gasteiger partial charge in [-0.1, -0.05) is 20.8 Å². The lowest BCUT2D eigenvalue weighted by molar-refractivity contribution is 0.374. The quantitative estimate of drug-likeness (QED) is 0.911. The third-order valence-corrected chi connectivity index (χ3v) is 3.41. The molecule has 2 rings (SSSR count). The molecule has 2 N–H and O–H groups in total. The lowest BCUT2D eigenvalue weighted by Crippen LogP contribution is -2.17. The van der Waals surface area contributed by atoms with Crippen LogP contribution in [-0.4, -0.2) is 26.4 Å². The summed E-state index contributed by atoms with van der Waals surface area (Å²) in [6.07, 6.45) is 0. The second-order valence-corrected chi connectivity index (χ2v) is 6.07. The Hall–Kier alpha value is -1.98. The lowest BCUT2D eigenvalue weighted by Gasteiger charge is -2.17. The van der Waals surface area contributed by atoms with Crippen molar-refractivity contribution in [3.63, 3.8) is 0 Å². The molecule has 0 saturated carbocycles. The second kappa shape index (κ2) is 4.54. The average Bonchev–Trinajstić information content (AvgIpc) is 2.77. The van der Waals surface area contributed by atoms with Crippen LogP contribution in [0.2, 0.25) is 0 Å². The van der Waals surface area contributed by atoms with Crippen LogP contribution in [0.5, 0.6) is 5.88 Å². The van der Waals surface area contributed by atoms with Crippen molar-refractivity contribution in [2.75, 3.05) is 12.8 Å². The summed E-state index contributed by atoms with van der Waals surface area (Å²) < 4.78 is 9.07. The SMILES string of the molecule is COc1c(-c2nc(C(C)(C)C)n(C)c2N)c(C)nn1C. The molecule has 0 bridgehead atoms. The number of ether oxygens (including phenoxy) is 1. The van der Waals surface area contributed by atoms with Gasteiger partial charge in [0.05, 0.1) is 18.4 Å². The Morgan fingerprint density at radius 1 is 1.20 bits per heavy atom. The summed E-state index contributed by atoms with van der Waals surface area (Å²) in [6.45, 7) is 8.28. The molecule has 0 radical (unpaired) electrons. The summed E-state index contributed by atoms with van der Waals surface area (Å²) >= 11 is 0. The van der Waals surface area contributed by atoms with Gasteiger partial charge in [0.1, 0.15) is 17.3 Å². The molecular weight excluding hydrogens is 254 g/mol. The smallest absolute Gasteiger partial charge is 0.221 e. The maximum absolute atomic E-state index is 6.24. The molecule has 0 saturated heterocycles. The van der Waals surface area contributed by atoms with Crippen LogP contribution in [0.3, 0.4) is 0 Å². The van der Waals surface area contributed by atoms with Crippen LogP contribution in [0.15, 0.2) is 0 Å².